The van der Waals surface area contributed by atoms with Gasteiger partial charge in [0.15, 0.2) is 0 Å². The Labute approximate surface area is 116 Å². The van der Waals surface area contributed by atoms with Crippen molar-refractivity contribution < 1.29 is 23.0 Å². The van der Waals surface area contributed by atoms with Crippen molar-refractivity contribution in [2.24, 2.45) is 0 Å². The molecule has 1 aliphatic rings. The van der Waals surface area contributed by atoms with E-state index in [0.29, 0.717) is 24.2 Å². The molecule has 1 fully saturated rings. The van der Waals surface area contributed by atoms with Crippen molar-refractivity contribution in [3.8, 4) is 0 Å². The highest BCUT2D eigenvalue weighted by molar-refractivity contribution is 5.34. The van der Waals surface area contributed by atoms with Gasteiger partial charge in [0.25, 0.3) is 0 Å². The molecule has 112 valence electrons. The molecule has 1 saturated heterocycles. The first-order chi connectivity index (χ1) is 9.38. The lowest BCUT2D eigenvalue weighted by molar-refractivity contribution is -0.137. The Hall–Kier alpha value is -1.07. The van der Waals surface area contributed by atoms with Crippen LogP contribution in [-0.2, 0) is 10.9 Å². The molecule has 0 aliphatic carbocycles. The lowest BCUT2D eigenvalue weighted by Gasteiger charge is -2.25. The van der Waals surface area contributed by atoms with Crippen molar-refractivity contribution in [1.29, 1.82) is 0 Å². The molecule has 0 saturated carbocycles. The standard InChI is InChI=1S/C15H19F3O2/c1-10-8-11(15(16,17)18)5-6-13(10)14(19)9-12-4-2-3-7-20-12/h5-6,8,12,14,19H,2-4,7,9H2,1H3. The summed E-state index contributed by atoms with van der Waals surface area (Å²) in [5.74, 6) is 0. The molecule has 1 aromatic rings. The van der Waals surface area contributed by atoms with E-state index in [1.54, 1.807) is 6.92 Å². The number of rotatable bonds is 3. The van der Waals surface area contributed by atoms with Crippen LogP contribution in [0.3, 0.4) is 0 Å². The lowest BCUT2D eigenvalue weighted by atomic mass is 9.95. The molecular formula is C15H19F3O2. The van der Waals surface area contributed by atoms with Crippen molar-refractivity contribution in [2.75, 3.05) is 6.61 Å². The summed E-state index contributed by atoms with van der Waals surface area (Å²) >= 11 is 0. The molecule has 0 aromatic heterocycles. The summed E-state index contributed by atoms with van der Waals surface area (Å²) in [6.45, 7) is 2.29. The predicted octanol–water partition coefficient (Wildman–Crippen LogP) is 4.01. The van der Waals surface area contributed by atoms with E-state index in [0.717, 1.165) is 31.4 Å². The summed E-state index contributed by atoms with van der Waals surface area (Å²) in [6.07, 6.45) is -1.68. The van der Waals surface area contributed by atoms with Crippen LogP contribution in [0.15, 0.2) is 18.2 Å². The van der Waals surface area contributed by atoms with Crippen molar-refractivity contribution in [2.45, 2.75) is 51.0 Å². The molecule has 2 atom stereocenters. The van der Waals surface area contributed by atoms with Gasteiger partial charge in [0, 0.05) is 13.0 Å². The van der Waals surface area contributed by atoms with Crippen molar-refractivity contribution in [3.05, 3.63) is 34.9 Å². The van der Waals surface area contributed by atoms with E-state index in [-0.39, 0.29) is 6.10 Å². The molecule has 1 N–H and O–H groups in total. The van der Waals surface area contributed by atoms with Crippen LogP contribution in [-0.4, -0.2) is 17.8 Å². The van der Waals surface area contributed by atoms with Gasteiger partial charge < -0.3 is 9.84 Å². The monoisotopic (exact) mass is 288 g/mol. The van der Waals surface area contributed by atoms with E-state index in [2.05, 4.69) is 0 Å². The Morgan fingerprint density at radius 2 is 2.10 bits per heavy atom. The van der Waals surface area contributed by atoms with Crippen LogP contribution in [0.4, 0.5) is 13.2 Å². The third-order valence-corrected chi connectivity index (χ3v) is 3.72. The van der Waals surface area contributed by atoms with Gasteiger partial charge in [0.1, 0.15) is 0 Å². The Morgan fingerprint density at radius 3 is 2.65 bits per heavy atom. The quantitative estimate of drug-likeness (QED) is 0.910. The minimum absolute atomic E-state index is 0.000410. The molecule has 2 unspecified atom stereocenters. The summed E-state index contributed by atoms with van der Waals surface area (Å²) in [7, 11) is 0. The van der Waals surface area contributed by atoms with Gasteiger partial charge in [0.05, 0.1) is 17.8 Å². The lowest BCUT2D eigenvalue weighted by Crippen LogP contribution is -2.22. The Morgan fingerprint density at radius 1 is 1.35 bits per heavy atom. The van der Waals surface area contributed by atoms with Crippen molar-refractivity contribution in [1.82, 2.24) is 0 Å². The van der Waals surface area contributed by atoms with E-state index in [1.165, 1.54) is 6.07 Å². The second-order valence-corrected chi connectivity index (χ2v) is 5.31. The number of hydrogen-bond donors (Lipinski definition) is 1. The summed E-state index contributed by atoms with van der Waals surface area (Å²) in [5.41, 5.74) is 0.329. The topological polar surface area (TPSA) is 29.5 Å². The maximum Gasteiger partial charge on any atom is 0.416 e. The zero-order chi connectivity index (χ0) is 14.8. The van der Waals surface area contributed by atoms with Crippen molar-refractivity contribution in [3.63, 3.8) is 0 Å². The fraction of sp³-hybridized carbons (Fsp3) is 0.600. The molecular weight excluding hydrogens is 269 g/mol. The second-order valence-electron chi connectivity index (χ2n) is 5.31. The van der Waals surface area contributed by atoms with Crippen molar-refractivity contribution >= 4 is 0 Å². The van der Waals surface area contributed by atoms with E-state index < -0.39 is 17.8 Å². The number of ether oxygens (including phenoxy) is 1. The molecule has 0 spiro atoms. The van der Waals surface area contributed by atoms with Crippen LogP contribution in [0.25, 0.3) is 0 Å². The van der Waals surface area contributed by atoms with Crippen LogP contribution in [0.2, 0.25) is 0 Å². The summed E-state index contributed by atoms with van der Waals surface area (Å²) in [6, 6.07) is 3.47. The molecule has 1 aliphatic heterocycles. The predicted molar refractivity (Wildman–Crippen MR) is 69.3 cm³/mol. The first-order valence-electron chi connectivity index (χ1n) is 6.85. The van der Waals surface area contributed by atoms with Gasteiger partial charge in [-0.3, -0.25) is 0 Å². The first kappa shape index (κ1) is 15.3. The molecule has 1 aromatic carbocycles. The van der Waals surface area contributed by atoms with Gasteiger partial charge in [0.2, 0.25) is 0 Å². The number of alkyl halides is 3. The number of halogens is 3. The smallest absolute Gasteiger partial charge is 0.388 e. The van der Waals surface area contributed by atoms with Gasteiger partial charge in [-0.05, 0) is 49.4 Å². The highest BCUT2D eigenvalue weighted by atomic mass is 19.4. The van der Waals surface area contributed by atoms with Crippen LogP contribution in [0, 0.1) is 6.92 Å². The van der Waals surface area contributed by atoms with E-state index in [1.807, 2.05) is 0 Å². The number of hydrogen-bond acceptors (Lipinski definition) is 2. The minimum atomic E-state index is -4.35. The third-order valence-electron chi connectivity index (χ3n) is 3.72. The normalized spacial score (nSPS) is 21.8. The summed E-state index contributed by atoms with van der Waals surface area (Å²) in [5, 5.41) is 10.2. The molecule has 1 heterocycles. The molecule has 0 bridgehead atoms. The summed E-state index contributed by atoms with van der Waals surface area (Å²) in [4.78, 5) is 0. The molecule has 2 nitrogen and oxygen atoms in total. The fourth-order valence-corrected chi connectivity index (χ4v) is 2.60. The number of aryl methyl sites for hydroxylation is 1. The van der Waals surface area contributed by atoms with Gasteiger partial charge in [-0.1, -0.05) is 6.07 Å². The minimum Gasteiger partial charge on any atom is -0.388 e. The van der Waals surface area contributed by atoms with Gasteiger partial charge >= 0.3 is 6.18 Å². The largest absolute Gasteiger partial charge is 0.416 e. The van der Waals surface area contributed by atoms with Crippen LogP contribution >= 0.6 is 0 Å². The average Bonchev–Trinajstić information content (AvgIpc) is 2.38. The van der Waals surface area contributed by atoms with E-state index >= 15 is 0 Å². The fourth-order valence-electron chi connectivity index (χ4n) is 2.60. The SMILES string of the molecule is Cc1cc(C(F)(F)F)ccc1C(O)CC1CCCCO1. The number of aliphatic hydroxyl groups excluding tert-OH is 1. The Bertz CT molecular complexity index is 451. The van der Waals surface area contributed by atoms with E-state index in [9.17, 15) is 18.3 Å². The number of aliphatic hydroxyl groups is 1. The molecule has 0 amide bonds. The molecule has 2 rings (SSSR count). The van der Waals surface area contributed by atoms with Gasteiger partial charge in [-0.25, -0.2) is 0 Å². The van der Waals surface area contributed by atoms with Gasteiger partial charge in [-0.2, -0.15) is 13.2 Å². The highest BCUT2D eigenvalue weighted by Crippen LogP contribution is 2.33. The van der Waals surface area contributed by atoms with Crippen LogP contribution < -0.4 is 0 Å². The maximum absolute atomic E-state index is 12.6. The molecule has 0 radical (unpaired) electrons. The molecule has 5 heteroatoms. The first-order valence-corrected chi connectivity index (χ1v) is 6.85. The average molecular weight is 288 g/mol. The zero-order valence-electron chi connectivity index (χ0n) is 11.4. The zero-order valence-corrected chi connectivity index (χ0v) is 11.4. The van der Waals surface area contributed by atoms with Crippen LogP contribution in [0.1, 0.15) is 48.5 Å². The van der Waals surface area contributed by atoms with E-state index in [4.69, 9.17) is 4.74 Å². The second kappa shape index (κ2) is 6.14. The van der Waals surface area contributed by atoms with Crippen LogP contribution in [0.5, 0.6) is 0 Å². The number of benzene rings is 1. The Balaban J connectivity index is 2.07. The maximum atomic E-state index is 12.6. The Kier molecular flexibility index (Phi) is 4.70. The molecule has 20 heavy (non-hydrogen) atoms. The summed E-state index contributed by atoms with van der Waals surface area (Å²) < 4.78 is 43.3. The van der Waals surface area contributed by atoms with Gasteiger partial charge in [-0.15, -0.1) is 0 Å². The third kappa shape index (κ3) is 3.73. The highest BCUT2D eigenvalue weighted by Gasteiger charge is 2.31.